The average Bonchev–Trinajstić information content (AvgIpc) is 3.89. The van der Waals surface area contributed by atoms with Crippen molar-refractivity contribution in [2.24, 2.45) is 0 Å². The predicted octanol–water partition coefficient (Wildman–Crippen LogP) is 18.3. The van der Waals surface area contributed by atoms with E-state index in [0.29, 0.717) is 0 Å². The number of benzene rings is 9. The maximum absolute atomic E-state index is 2.57. The van der Waals surface area contributed by atoms with Crippen molar-refractivity contribution in [2.75, 3.05) is 0 Å². The summed E-state index contributed by atoms with van der Waals surface area (Å²) in [4.78, 5) is 0. The van der Waals surface area contributed by atoms with Crippen LogP contribution >= 0.6 is 0 Å². The van der Waals surface area contributed by atoms with E-state index in [2.05, 4.69) is 269 Å². The molecule has 1 atom stereocenters. The second-order valence-electron chi connectivity index (χ2n) is 24.1. The summed E-state index contributed by atoms with van der Waals surface area (Å²) >= 11 is 0. The normalized spacial score (nSPS) is 15.8. The molecule has 0 bridgehead atoms. The Morgan fingerprint density at radius 3 is 1.46 bits per heavy atom. The summed E-state index contributed by atoms with van der Waals surface area (Å²) in [5.74, 6) is 0.109. The summed E-state index contributed by atoms with van der Waals surface area (Å²) in [6.07, 6.45) is 0.888. The minimum Gasteiger partial charge on any atom is -0.0622 e. The Morgan fingerprint density at radius 1 is 0.352 bits per heavy atom. The molecule has 1 unspecified atom stereocenters. The minimum atomic E-state index is -0.527. The molecule has 0 spiro atoms. The number of hydrogen-bond acceptors (Lipinski definition) is 0. The van der Waals surface area contributed by atoms with E-state index in [1.807, 2.05) is 0 Å². The van der Waals surface area contributed by atoms with Crippen LogP contribution in [-0.2, 0) is 33.5 Å². The van der Waals surface area contributed by atoms with Gasteiger partial charge in [0.15, 0.2) is 0 Å². The summed E-state index contributed by atoms with van der Waals surface area (Å²) in [5, 5.41) is 0. The largest absolute Gasteiger partial charge is 0.0713 e. The second kappa shape index (κ2) is 16.0. The lowest BCUT2D eigenvalue weighted by atomic mass is 9.66. The summed E-state index contributed by atoms with van der Waals surface area (Å²) < 4.78 is 0. The van der Waals surface area contributed by atoms with E-state index >= 15 is 0 Å². The van der Waals surface area contributed by atoms with Gasteiger partial charge < -0.3 is 0 Å². The van der Waals surface area contributed by atoms with Gasteiger partial charge in [0.25, 0.3) is 0 Å². The third kappa shape index (κ3) is 6.92. The maximum atomic E-state index is 2.57. The molecule has 0 nitrogen and oxygen atoms in total. The van der Waals surface area contributed by atoms with Crippen LogP contribution in [0.25, 0.3) is 44.5 Å². The zero-order chi connectivity index (χ0) is 49.2. The standard InChI is InChI=1S/C71H66/c1-67(2,3)51-34-37-57-64(43-51)71(49-24-13-11-14-25-49,50-26-15-12-16-27-50)65-44-52(68(4,5)6)42-59(66(57)65)47-23-21-22-46(40-47)58(48-33-36-56-54-29-18-20-31-61(54)70(9,10)63(56)41-48)38-45-32-35-55-53-28-17-19-30-60(53)69(7,8)62(55)39-45/h11-37,39-44,58H,38H2,1-10H3. The Kier molecular flexibility index (Phi) is 10.2. The number of fused-ring (bicyclic) bond motifs is 9. The molecule has 0 aliphatic heterocycles. The van der Waals surface area contributed by atoms with E-state index in [-0.39, 0.29) is 27.6 Å². The highest BCUT2D eigenvalue weighted by atomic mass is 14.5. The van der Waals surface area contributed by atoms with Crippen LogP contribution in [0, 0.1) is 0 Å². The van der Waals surface area contributed by atoms with Gasteiger partial charge in [-0.05, 0) is 140 Å². The van der Waals surface area contributed by atoms with Crippen molar-refractivity contribution in [1.82, 2.24) is 0 Å². The first-order valence-electron chi connectivity index (χ1n) is 26.0. The first-order valence-corrected chi connectivity index (χ1v) is 26.0. The van der Waals surface area contributed by atoms with Gasteiger partial charge in [-0.2, -0.15) is 0 Å². The summed E-state index contributed by atoms with van der Waals surface area (Å²) in [6, 6.07) is 77.7. The molecule has 0 saturated heterocycles. The highest BCUT2D eigenvalue weighted by molar-refractivity contribution is 5.96. The molecule has 9 aromatic carbocycles. The number of hydrogen-bond donors (Lipinski definition) is 0. The van der Waals surface area contributed by atoms with E-state index in [1.165, 1.54) is 117 Å². The smallest absolute Gasteiger partial charge is 0.0622 e. The molecule has 12 rings (SSSR count). The molecule has 9 aromatic rings. The highest BCUT2D eigenvalue weighted by Crippen LogP contribution is 2.60. The van der Waals surface area contributed by atoms with Gasteiger partial charge in [-0.25, -0.2) is 0 Å². The molecule has 0 fully saturated rings. The molecule has 0 radical (unpaired) electrons. The molecule has 0 heteroatoms. The van der Waals surface area contributed by atoms with E-state index in [9.17, 15) is 0 Å². The molecular weight excluding hydrogens is 853 g/mol. The van der Waals surface area contributed by atoms with Crippen molar-refractivity contribution in [2.45, 2.75) is 109 Å². The molecule has 71 heavy (non-hydrogen) atoms. The van der Waals surface area contributed by atoms with Crippen molar-refractivity contribution in [3.63, 3.8) is 0 Å². The molecule has 0 heterocycles. The minimum absolute atomic E-state index is 0.0280. The Hall–Kier alpha value is -7.02. The molecule has 350 valence electrons. The summed E-state index contributed by atoms with van der Waals surface area (Å²) in [7, 11) is 0. The molecule has 0 amide bonds. The van der Waals surface area contributed by atoms with Crippen molar-refractivity contribution in [3.8, 4) is 44.5 Å². The lowest BCUT2D eigenvalue weighted by molar-refractivity contribution is 0.586. The van der Waals surface area contributed by atoms with E-state index in [4.69, 9.17) is 0 Å². The van der Waals surface area contributed by atoms with Gasteiger partial charge in [0.1, 0.15) is 0 Å². The second-order valence-corrected chi connectivity index (χ2v) is 24.1. The van der Waals surface area contributed by atoms with Gasteiger partial charge in [-0.3, -0.25) is 0 Å². The zero-order valence-electron chi connectivity index (χ0n) is 43.3. The van der Waals surface area contributed by atoms with Gasteiger partial charge in [0, 0.05) is 16.7 Å². The molecule has 0 aromatic heterocycles. The van der Waals surface area contributed by atoms with Crippen LogP contribution in [0.4, 0.5) is 0 Å². The van der Waals surface area contributed by atoms with Crippen LogP contribution in [0.15, 0.2) is 200 Å². The summed E-state index contributed by atoms with van der Waals surface area (Å²) in [5.41, 5.74) is 27.6. The van der Waals surface area contributed by atoms with Crippen molar-refractivity contribution >= 4 is 0 Å². The van der Waals surface area contributed by atoms with Crippen LogP contribution in [0.5, 0.6) is 0 Å². The Labute approximate surface area is 423 Å². The van der Waals surface area contributed by atoms with E-state index in [0.717, 1.165) is 6.42 Å². The molecule has 0 saturated carbocycles. The monoisotopic (exact) mass is 919 g/mol. The molecule has 3 aliphatic carbocycles. The highest BCUT2D eigenvalue weighted by Gasteiger charge is 2.48. The third-order valence-electron chi connectivity index (χ3n) is 17.1. The van der Waals surface area contributed by atoms with Crippen LogP contribution < -0.4 is 0 Å². The Balaban J connectivity index is 1.09. The van der Waals surface area contributed by atoms with Crippen LogP contribution in [-0.4, -0.2) is 0 Å². The van der Waals surface area contributed by atoms with Crippen molar-refractivity contribution in [1.29, 1.82) is 0 Å². The lowest BCUT2D eigenvalue weighted by Gasteiger charge is -2.35. The van der Waals surface area contributed by atoms with Crippen molar-refractivity contribution < 1.29 is 0 Å². The van der Waals surface area contributed by atoms with Crippen LogP contribution in [0.3, 0.4) is 0 Å². The first kappa shape index (κ1) is 45.1. The third-order valence-corrected chi connectivity index (χ3v) is 17.1. The van der Waals surface area contributed by atoms with Gasteiger partial charge in [0.05, 0.1) is 5.41 Å². The molecular formula is C71H66. The lowest BCUT2D eigenvalue weighted by Crippen LogP contribution is -2.29. The fourth-order valence-electron chi connectivity index (χ4n) is 13.1. The van der Waals surface area contributed by atoms with Gasteiger partial charge in [-0.1, -0.05) is 263 Å². The number of rotatable bonds is 7. The van der Waals surface area contributed by atoms with Crippen molar-refractivity contribution in [3.05, 3.63) is 273 Å². The van der Waals surface area contributed by atoms with E-state index < -0.39 is 5.41 Å². The van der Waals surface area contributed by atoms with Crippen LogP contribution in [0.1, 0.15) is 147 Å². The first-order chi connectivity index (χ1) is 34.0. The topological polar surface area (TPSA) is 0 Å². The fraction of sp³-hybridized carbons (Fsp3) is 0.239. The van der Waals surface area contributed by atoms with E-state index in [1.54, 1.807) is 0 Å². The van der Waals surface area contributed by atoms with Gasteiger partial charge in [0.2, 0.25) is 0 Å². The Morgan fingerprint density at radius 2 is 0.859 bits per heavy atom. The Bertz CT molecular complexity index is 3520. The average molecular weight is 919 g/mol. The van der Waals surface area contributed by atoms with Gasteiger partial charge >= 0.3 is 0 Å². The van der Waals surface area contributed by atoms with Crippen LogP contribution in [0.2, 0.25) is 0 Å². The predicted molar refractivity (Wildman–Crippen MR) is 300 cm³/mol. The maximum Gasteiger partial charge on any atom is 0.0713 e. The molecule has 0 N–H and O–H groups in total. The summed E-state index contributed by atoms with van der Waals surface area (Å²) in [6.45, 7) is 23.8. The van der Waals surface area contributed by atoms with Gasteiger partial charge in [-0.15, -0.1) is 0 Å². The fourth-order valence-corrected chi connectivity index (χ4v) is 13.1. The SMILES string of the molecule is CC(C)(C)c1ccc2c(c1)C(c1ccccc1)(c1ccccc1)c1cc(C(C)(C)C)cc(-c3cccc(C(Cc4ccc5c(c4)C(C)(C)c4ccccc4-5)c4ccc5c(c4)C(C)(C)c4ccccc4-5)c3)c1-2. The zero-order valence-corrected chi connectivity index (χ0v) is 43.3. The molecule has 3 aliphatic rings. The quantitative estimate of drug-likeness (QED) is 0.149.